The normalized spacial score (nSPS) is 11.9. The molecule has 19 heavy (non-hydrogen) atoms. The highest BCUT2D eigenvalue weighted by molar-refractivity contribution is 7.89. The van der Waals surface area contributed by atoms with Crippen LogP contribution in [0.3, 0.4) is 0 Å². The Morgan fingerprint density at radius 3 is 2.84 bits per heavy atom. The maximum Gasteiger partial charge on any atom is 0.244 e. The molecule has 104 valence electrons. The molecule has 0 aromatic carbocycles. The summed E-state index contributed by atoms with van der Waals surface area (Å²) in [6.07, 6.45) is 1.54. The van der Waals surface area contributed by atoms with Crippen molar-refractivity contribution in [2.24, 2.45) is 5.73 Å². The lowest BCUT2D eigenvalue weighted by Crippen LogP contribution is -2.26. The Kier molecular flexibility index (Phi) is 3.98. The SMILES string of the molecule is Cc1oc(CN)cc1S(=O)(=O)NCCc1ncon1. The van der Waals surface area contributed by atoms with Gasteiger partial charge >= 0.3 is 0 Å². The lowest BCUT2D eigenvalue weighted by Gasteiger charge is -2.03. The quantitative estimate of drug-likeness (QED) is 0.762. The molecule has 0 aliphatic carbocycles. The van der Waals surface area contributed by atoms with E-state index in [4.69, 9.17) is 10.2 Å². The van der Waals surface area contributed by atoms with Crippen molar-refractivity contribution in [1.82, 2.24) is 14.9 Å². The van der Waals surface area contributed by atoms with Gasteiger partial charge in [-0.1, -0.05) is 5.16 Å². The molecule has 0 saturated carbocycles. The van der Waals surface area contributed by atoms with Gasteiger partial charge in [0, 0.05) is 19.0 Å². The van der Waals surface area contributed by atoms with Gasteiger partial charge in [-0.05, 0) is 6.92 Å². The summed E-state index contributed by atoms with van der Waals surface area (Å²) in [6.45, 7) is 1.90. The molecule has 0 radical (unpaired) electrons. The van der Waals surface area contributed by atoms with Crippen molar-refractivity contribution in [3.63, 3.8) is 0 Å². The number of nitrogens with one attached hydrogen (secondary N) is 1. The Hall–Kier alpha value is -1.71. The van der Waals surface area contributed by atoms with E-state index < -0.39 is 10.0 Å². The van der Waals surface area contributed by atoms with E-state index in [2.05, 4.69) is 19.4 Å². The second kappa shape index (κ2) is 5.51. The van der Waals surface area contributed by atoms with Crippen LogP contribution >= 0.6 is 0 Å². The molecule has 0 atom stereocenters. The number of rotatable bonds is 6. The lowest BCUT2D eigenvalue weighted by molar-refractivity contribution is 0.409. The van der Waals surface area contributed by atoms with Crippen LogP contribution in [0.2, 0.25) is 0 Å². The maximum atomic E-state index is 12.0. The lowest BCUT2D eigenvalue weighted by atomic mass is 10.4. The first-order chi connectivity index (χ1) is 9.03. The Morgan fingerprint density at radius 1 is 1.47 bits per heavy atom. The molecular weight excluding hydrogens is 272 g/mol. The summed E-state index contributed by atoms with van der Waals surface area (Å²) in [6, 6.07) is 1.42. The van der Waals surface area contributed by atoms with Crippen molar-refractivity contribution < 1.29 is 17.4 Å². The van der Waals surface area contributed by atoms with E-state index >= 15 is 0 Å². The van der Waals surface area contributed by atoms with E-state index in [9.17, 15) is 8.42 Å². The molecule has 0 aliphatic heterocycles. The molecule has 0 fully saturated rings. The van der Waals surface area contributed by atoms with Crippen LogP contribution in [0.25, 0.3) is 0 Å². The summed E-state index contributed by atoms with van der Waals surface area (Å²) in [5.74, 6) is 1.18. The summed E-state index contributed by atoms with van der Waals surface area (Å²) < 4.78 is 36.3. The summed E-state index contributed by atoms with van der Waals surface area (Å²) in [5.41, 5.74) is 5.40. The van der Waals surface area contributed by atoms with Crippen molar-refractivity contribution in [1.29, 1.82) is 0 Å². The molecule has 2 heterocycles. The van der Waals surface area contributed by atoms with Crippen molar-refractivity contribution in [3.05, 3.63) is 29.8 Å². The highest BCUT2D eigenvalue weighted by Gasteiger charge is 2.20. The molecule has 9 heteroatoms. The first-order valence-electron chi connectivity index (χ1n) is 5.57. The third kappa shape index (κ3) is 3.19. The second-order valence-electron chi connectivity index (χ2n) is 3.83. The highest BCUT2D eigenvalue weighted by atomic mass is 32.2. The largest absolute Gasteiger partial charge is 0.464 e. The van der Waals surface area contributed by atoms with E-state index in [1.807, 2.05) is 0 Å². The van der Waals surface area contributed by atoms with Gasteiger partial charge < -0.3 is 14.7 Å². The Balaban J connectivity index is 2.03. The molecule has 0 unspecified atom stereocenters. The average molecular weight is 286 g/mol. The van der Waals surface area contributed by atoms with Crippen molar-refractivity contribution in [2.75, 3.05) is 6.54 Å². The fourth-order valence-electron chi connectivity index (χ4n) is 1.57. The highest BCUT2D eigenvalue weighted by Crippen LogP contribution is 2.19. The van der Waals surface area contributed by atoms with Gasteiger partial charge in [-0.2, -0.15) is 4.98 Å². The molecule has 2 aromatic rings. The van der Waals surface area contributed by atoms with E-state index in [1.54, 1.807) is 6.92 Å². The first-order valence-corrected chi connectivity index (χ1v) is 7.05. The predicted molar refractivity (Wildman–Crippen MR) is 64.5 cm³/mol. The zero-order chi connectivity index (χ0) is 13.9. The topological polar surface area (TPSA) is 124 Å². The van der Waals surface area contributed by atoms with Gasteiger partial charge in [-0.15, -0.1) is 0 Å². The third-order valence-electron chi connectivity index (χ3n) is 2.46. The van der Waals surface area contributed by atoms with Crippen LogP contribution in [0.4, 0.5) is 0 Å². The molecule has 0 spiro atoms. The van der Waals surface area contributed by atoms with E-state index in [1.165, 1.54) is 12.5 Å². The van der Waals surface area contributed by atoms with Crippen LogP contribution in [-0.2, 0) is 23.0 Å². The average Bonchev–Trinajstić information content (AvgIpc) is 2.98. The number of hydrogen-bond acceptors (Lipinski definition) is 7. The minimum absolute atomic E-state index is 0.0982. The number of hydrogen-bond donors (Lipinski definition) is 2. The maximum absolute atomic E-state index is 12.0. The zero-order valence-electron chi connectivity index (χ0n) is 10.3. The molecule has 2 aromatic heterocycles. The number of aryl methyl sites for hydroxylation is 1. The van der Waals surface area contributed by atoms with Crippen molar-refractivity contribution in [2.45, 2.75) is 24.8 Å². The van der Waals surface area contributed by atoms with Gasteiger partial charge in [0.15, 0.2) is 5.82 Å². The Bertz CT molecular complexity index is 633. The molecule has 2 rings (SSSR count). The molecule has 0 amide bonds. The smallest absolute Gasteiger partial charge is 0.244 e. The fraction of sp³-hybridized carbons (Fsp3) is 0.400. The third-order valence-corrected chi connectivity index (χ3v) is 4.03. The van der Waals surface area contributed by atoms with Gasteiger partial charge in [-0.25, -0.2) is 13.1 Å². The van der Waals surface area contributed by atoms with E-state index in [-0.39, 0.29) is 18.0 Å². The molecule has 0 aliphatic rings. The molecule has 0 bridgehead atoms. The number of nitrogens with two attached hydrogens (primary N) is 1. The van der Waals surface area contributed by atoms with Crippen LogP contribution in [0.15, 0.2) is 26.3 Å². The Labute approximate surface area is 110 Å². The van der Waals surface area contributed by atoms with Gasteiger partial charge in [0.25, 0.3) is 0 Å². The van der Waals surface area contributed by atoms with Crippen molar-refractivity contribution in [3.8, 4) is 0 Å². The summed E-state index contributed by atoms with van der Waals surface area (Å²) >= 11 is 0. The molecule has 3 N–H and O–H groups in total. The molecular formula is C10H14N4O4S. The molecule has 8 nitrogen and oxygen atoms in total. The van der Waals surface area contributed by atoms with E-state index in [0.717, 1.165) is 0 Å². The van der Waals surface area contributed by atoms with Crippen molar-refractivity contribution >= 4 is 10.0 Å². The van der Waals surface area contributed by atoms with Gasteiger partial charge in [0.1, 0.15) is 16.4 Å². The zero-order valence-corrected chi connectivity index (χ0v) is 11.1. The van der Waals surface area contributed by atoms with Crippen LogP contribution in [0.1, 0.15) is 17.3 Å². The fourth-order valence-corrected chi connectivity index (χ4v) is 2.80. The van der Waals surface area contributed by atoms with Gasteiger partial charge in [0.05, 0.1) is 6.54 Å². The van der Waals surface area contributed by atoms with Gasteiger partial charge in [-0.3, -0.25) is 0 Å². The number of nitrogens with zero attached hydrogens (tertiary/aromatic N) is 2. The number of furan rings is 1. The second-order valence-corrected chi connectivity index (χ2v) is 5.57. The van der Waals surface area contributed by atoms with Crippen LogP contribution in [0, 0.1) is 6.92 Å². The van der Waals surface area contributed by atoms with E-state index in [0.29, 0.717) is 23.8 Å². The summed E-state index contributed by atoms with van der Waals surface area (Å²) in [4.78, 5) is 3.89. The minimum Gasteiger partial charge on any atom is -0.464 e. The van der Waals surface area contributed by atoms with Crippen LogP contribution in [-0.4, -0.2) is 25.1 Å². The Morgan fingerprint density at radius 2 is 2.26 bits per heavy atom. The monoisotopic (exact) mass is 286 g/mol. The minimum atomic E-state index is -3.62. The number of aromatic nitrogens is 2. The van der Waals surface area contributed by atoms with Gasteiger partial charge in [0.2, 0.25) is 16.4 Å². The van der Waals surface area contributed by atoms with Crippen LogP contribution in [0.5, 0.6) is 0 Å². The molecule has 0 saturated heterocycles. The number of sulfonamides is 1. The summed E-state index contributed by atoms with van der Waals surface area (Å²) in [7, 11) is -3.62. The standard InChI is InChI=1S/C10H14N4O4S/c1-7-9(4-8(5-11)18-7)19(15,16)13-3-2-10-12-6-17-14-10/h4,6,13H,2-3,5,11H2,1H3. The van der Waals surface area contributed by atoms with Crippen LogP contribution < -0.4 is 10.5 Å². The first kappa shape index (κ1) is 13.7. The summed E-state index contributed by atoms with van der Waals surface area (Å²) in [5, 5.41) is 3.59. The predicted octanol–water partition coefficient (Wildman–Crippen LogP) is -0.0493.